The maximum atomic E-state index is 13.0. The summed E-state index contributed by atoms with van der Waals surface area (Å²) in [7, 11) is 1.24. The van der Waals surface area contributed by atoms with Gasteiger partial charge in [0.1, 0.15) is 5.71 Å². The molecule has 0 spiro atoms. The standard InChI is InChI=1S/C25H19ClF3N3O3/c1-35-24(34)17-5-4-6-18(13-17)31-23(33)16-11-9-15(10-12-16)21(14-22(30)25(27,28)29)32-20-8-3-2-7-19(20)26/h2-13,30H,14H2,1H3,(H,31,33). The van der Waals surface area contributed by atoms with Crippen LogP contribution in [0.5, 0.6) is 0 Å². The van der Waals surface area contributed by atoms with Crippen molar-refractivity contribution in [2.24, 2.45) is 4.99 Å². The number of para-hydroxylation sites is 1. The molecule has 2 N–H and O–H groups in total. The van der Waals surface area contributed by atoms with Crippen molar-refractivity contribution in [2.75, 3.05) is 12.4 Å². The Labute approximate surface area is 203 Å². The average Bonchev–Trinajstić information content (AvgIpc) is 2.84. The Bertz CT molecular complexity index is 1290. The van der Waals surface area contributed by atoms with Crippen LogP contribution in [0.25, 0.3) is 0 Å². The second-order valence-electron chi connectivity index (χ2n) is 7.27. The molecule has 0 bridgehead atoms. The highest BCUT2D eigenvalue weighted by atomic mass is 35.5. The molecule has 0 unspecified atom stereocenters. The minimum Gasteiger partial charge on any atom is -0.465 e. The summed E-state index contributed by atoms with van der Waals surface area (Å²) in [6.07, 6.45) is -5.58. The molecule has 0 aliphatic rings. The van der Waals surface area contributed by atoms with Gasteiger partial charge in [-0.2, -0.15) is 13.2 Å². The number of alkyl halides is 3. The Morgan fingerprint density at radius 1 is 0.971 bits per heavy atom. The minimum absolute atomic E-state index is 0.0295. The number of nitrogens with zero attached hydrogens (tertiary/aromatic N) is 1. The molecule has 0 aliphatic heterocycles. The lowest BCUT2D eigenvalue weighted by molar-refractivity contribution is -0.0605. The zero-order valence-corrected chi connectivity index (χ0v) is 19.1. The molecule has 3 aromatic carbocycles. The number of hydrogen-bond donors (Lipinski definition) is 2. The first-order valence-corrected chi connectivity index (χ1v) is 10.5. The molecular formula is C25H19ClF3N3O3. The van der Waals surface area contributed by atoms with Crippen LogP contribution in [0.3, 0.4) is 0 Å². The zero-order valence-electron chi connectivity index (χ0n) is 18.3. The Balaban J connectivity index is 1.86. The van der Waals surface area contributed by atoms with Crippen LogP contribution in [0.4, 0.5) is 24.5 Å². The highest BCUT2D eigenvalue weighted by Crippen LogP contribution is 2.27. The van der Waals surface area contributed by atoms with Gasteiger partial charge in [-0.25, -0.2) is 4.79 Å². The Hall–Kier alpha value is -3.98. The fraction of sp³-hybridized carbons (Fsp3) is 0.120. The molecule has 0 aliphatic carbocycles. The van der Waals surface area contributed by atoms with E-state index in [0.29, 0.717) is 11.3 Å². The van der Waals surface area contributed by atoms with Crippen LogP contribution in [-0.4, -0.2) is 36.6 Å². The number of carbonyl (C=O) groups is 2. The van der Waals surface area contributed by atoms with Crippen molar-refractivity contribution in [3.05, 3.63) is 94.5 Å². The molecule has 10 heteroatoms. The number of amides is 1. The lowest BCUT2D eigenvalue weighted by Gasteiger charge is -2.12. The Morgan fingerprint density at radius 2 is 1.63 bits per heavy atom. The van der Waals surface area contributed by atoms with Gasteiger partial charge in [0.05, 0.1) is 29.1 Å². The fourth-order valence-electron chi connectivity index (χ4n) is 3.02. The van der Waals surface area contributed by atoms with Crippen LogP contribution in [0.15, 0.2) is 77.8 Å². The molecular weight excluding hydrogens is 483 g/mol. The first kappa shape index (κ1) is 25.6. The number of carbonyl (C=O) groups excluding carboxylic acids is 2. The van der Waals surface area contributed by atoms with Crippen molar-refractivity contribution in [2.45, 2.75) is 12.6 Å². The van der Waals surface area contributed by atoms with E-state index in [4.69, 9.17) is 17.0 Å². The van der Waals surface area contributed by atoms with Gasteiger partial charge in [0, 0.05) is 17.7 Å². The third kappa shape index (κ3) is 6.77. The molecule has 35 heavy (non-hydrogen) atoms. The molecule has 0 radical (unpaired) electrons. The predicted octanol–water partition coefficient (Wildman–Crippen LogP) is 6.47. The zero-order chi connectivity index (χ0) is 25.6. The van der Waals surface area contributed by atoms with Crippen LogP contribution >= 0.6 is 11.6 Å². The van der Waals surface area contributed by atoms with E-state index in [0.717, 1.165) is 0 Å². The molecule has 3 rings (SSSR count). The van der Waals surface area contributed by atoms with E-state index in [2.05, 4.69) is 15.0 Å². The topological polar surface area (TPSA) is 91.6 Å². The van der Waals surface area contributed by atoms with Gasteiger partial charge < -0.3 is 15.5 Å². The summed E-state index contributed by atoms with van der Waals surface area (Å²) in [6, 6.07) is 18.3. The molecule has 0 aromatic heterocycles. The van der Waals surface area contributed by atoms with Gasteiger partial charge in [-0.05, 0) is 48.0 Å². The number of anilines is 1. The maximum absolute atomic E-state index is 13.0. The number of hydrogen-bond acceptors (Lipinski definition) is 5. The SMILES string of the molecule is COC(=O)c1cccc(NC(=O)c2ccc(C(CC(=N)C(F)(F)F)=Nc3ccccc3Cl)cc2)c1. The second-order valence-corrected chi connectivity index (χ2v) is 7.67. The molecule has 3 aromatic rings. The van der Waals surface area contributed by atoms with E-state index in [9.17, 15) is 22.8 Å². The van der Waals surface area contributed by atoms with Crippen LogP contribution < -0.4 is 5.32 Å². The van der Waals surface area contributed by atoms with Gasteiger partial charge in [-0.1, -0.05) is 41.9 Å². The van der Waals surface area contributed by atoms with Gasteiger partial charge >= 0.3 is 12.1 Å². The van der Waals surface area contributed by atoms with E-state index >= 15 is 0 Å². The van der Waals surface area contributed by atoms with Crippen LogP contribution in [0, 0.1) is 5.41 Å². The first-order valence-electron chi connectivity index (χ1n) is 10.2. The summed E-state index contributed by atoms with van der Waals surface area (Å²) in [4.78, 5) is 28.6. The van der Waals surface area contributed by atoms with Gasteiger partial charge in [0.25, 0.3) is 5.91 Å². The van der Waals surface area contributed by atoms with Crippen molar-refractivity contribution < 1.29 is 27.5 Å². The highest BCUT2D eigenvalue weighted by Gasteiger charge is 2.35. The number of benzene rings is 3. The second kappa shape index (κ2) is 11.0. The third-order valence-corrected chi connectivity index (χ3v) is 5.14. The molecule has 180 valence electrons. The van der Waals surface area contributed by atoms with Crippen LogP contribution in [-0.2, 0) is 4.74 Å². The Kier molecular flexibility index (Phi) is 8.03. The molecule has 0 saturated carbocycles. The number of ether oxygens (including phenoxy) is 1. The summed E-state index contributed by atoms with van der Waals surface area (Å²) in [5.41, 5.74) is -0.0987. The highest BCUT2D eigenvalue weighted by molar-refractivity contribution is 6.33. The van der Waals surface area contributed by atoms with Crippen molar-refractivity contribution >= 4 is 46.3 Å². The average molecular weight is 502 g/mol. The Morgan fingerprint density at radius 3 is 2.26 bits per heavy atom. The number of halogens is 4. The van der Waals surface area contributed by atoms with E-state index in [1.54, 1.807) is 36.4 Å². The van der Waals surface area contributed by atoms with Crippen LogP contribution in [0.2, 0.25) is 5.02 Å². The number of nitrogens with one attached hydrogen (secondary N) is 2. The summed E-state index contributed by atoms with van der Waals surface area (Å²) in [5, 5.41) is 10.3. The molecule has 0 saturated heterocycles. The quantitative estimate of drug-likeness (QED) is 0.287. The molecule has 1 amide bonds. The van der Waals surface area contributed by atoms with E-state index in [1.807, 2.05) is 0 Å². The maximum Gasteiger partial charge on any atom is 0.429 e. The van der Waals surface area contributed by atoms with Crippen molar-refractivity contribution in [3.8, 4) is 0 Å². The van der Waals surface area contributed by atoms with Crippen LogP contribution in [0.1, 0.15) is 32.7 Å². The lowest BCUT2D eigenvalue weighted by atomic mass is 10.0. The minimum atomic E-state index is -4.81. The van der Waals surface area contributed by atoms with E-state index < -0.39 is 30.2 Å². The van der Waals surface area contributed by atoms with Crippen molar-refractivity contribution in [1.82, 2.24) is 0 Å². The van der Waals surface area contributed by atoms with Crippen molar-refractivity contribution in [1.29, 1.82) is 5.41 Å². The van der Waals surface area contributed by atoms with Gasteiger partial charge in [0.2, 0.25) is 0 Å². The van der Waals surface area contributed by atoms with E-state index in [1.165, 1.54) is 43.5 Å². The fourth-order valence-corrected chi connectivity index (χ4v) is 3.20. The van der Waals surface area contributed by atoms with Crippen molar-refractivity contribution in [3.63, 3.8) is 0 Å². The molecule has 6 nitrogen and oxygen atoms in total. The van der Waals surface area contributed by atoms with Gasteiger partial charge in [0.15, 0.2) is 0 Å². The normalized spacial score (nSPS) is 11.6. The monoisotopic (exact) mass is 501 g/mol. The summed E-state index contributed by atoms with van der Waals surface area (Å²) in [6.45, 7) is 0. The van der Waals surface area contributed by atoms with Gasteiger partial charge in [-0.15, -0.1) is 0 Å². The summed E-state index contributed by atoms with van der Waals surface area (Å²) < 4.78 is 43.8. The first-order chi connectivity index (χ1) is 16.6. The summed E-state index contributed by atoms with van der Waals surface area (Å²) in [5.74, 6) is -1.05. The summed E-state index contributed by atoms with van der Waals surface area (Å²) >= 11 is 6.10. The largest absolute Gasteiger partial charge is 0.465 e. The molecule has 0 fully saturated rings. The number of aliphatic imine (C=N–C) groups is 1. The lowest BCUT2D eigenvalue weighted by Crippen LogP contribution is -2.25. The number of esters is 1. The predicted molar refractivity (Wildman–Crippen MR) is 128 cm³/mol. The van der Waals surface area contributed by atoms with Gasteiger partial charge in [-0.3, -0.25) is 9.79 Å². The number of rotatable bonds is 7. The smallest absolute Gasteiger partial charge is 0.429 e. The molecule has 0 atom stereocenters. The number of methoxy groups -OCH3 is 1. The van der Waals surface area contributed by atoms with E-state index in [-0.39, 0.29) is 27.5 Å². The molecule has 0 heterocycles. The third-order valence-electron chi connectivity index (χ3n) is 4.82.